The van der Waals surface area contributed by atoms with E-state index in [-0.39, 0.29) is 6.04 Å². The first-order valence-electron chi connectivity index (χ1n) is 4.84. The van der Waals surface area contributed by atoms with Crippen molar-refractivity contribution in [2.75, 3.05) is 0 Å². The van der Waals surface area contributed by atoms with Crippen molar-refractivity contribution in [3.05, 3.63) is 29.1 Å². The van der Waals surface area contributed by atoms with Gasteiger partial charge in [-0.05, 0) is 38.0 Å². The van der Waals surface area contributed by atoms with Crippen molar-refractivity contribution in [3.8, 4) is 0 Å². The third kappa shape index (κ3) is 2.81. The molecule has 1 unspecified atom stereocenters. The minimum absolute atomic E-state index is 0.172. The predicted molar refractivity (Wildman–Crippen MR) is 55.5 cm³/mol. The number of nitrogens with two attached hydrogens (primary N) is 1. The second-order valence-corrected chi connectivity index (χ2v) is 3.58. The van der Waals surface area contributed by atoms with Crippen molar-refractivity contribution in [2.45, 2.75) is 39.7 Å². The maximum absolute atomic E-state index is 6.02. The number of aryl methyl sites for hydroxylation is 2. The summed E-state index contributed by atoms with van der Waals surface area (Å²) in [5, 5.41) is 0. The van der Waals surface area contributed by atoms with E-state index in [4.69, 9.17) is 5.73 Å². The number of pyridine rings is 1. The van der Waals surface area contributed by atoms with Crippen LogP contribution in [0.15, 0.2) is 12.1 Å². The van der Waals surface area contributed by atoms with Gasteiger partial charge < -0.3 is 5.73 Å². The van der Waals surface area contributed by atoms with Crippen LogP contribution < -0.4 is 5.73 Å². The fraction of sp³-hybridized carbons (Fsp3) is 0.545. The van der Waals surface area contributed by atoms with E-state index < -0.39 is 0 Å². The molecule has 0 aliphatic rings. The van der Waals surface area contributed by atoms with E-state index >= 15 is 0 Å². The summed E-state index contributed by atoms with van der Waals surface area (Å²) in [6.07, 6.45) is 2.17. The number of aromatic nitrogens is 1. The van der Waals surface area contributed by atoms with E-state index in [1.54, 1.807) is 0 Å². The third-order valence-corrected chi connectivity index (χ3v) is 2.13. The van der Waals surface area contributed by atoms with E-state index in [1.165, 1.54) is 5.56 Å². The summed E-state index contributed by atoms with van der Waals surface area (Å²) >= 11 is 0. The lowest BCUT2D eigenvalue weighted by molar-refractivity contribution is 0.636. The zero-order valence-corrected chi connectivity index (χ0v) is 8.67. The van der Waals surface area contributed by atoms with Gasteiger partial charge in [0.15, 0.2) is 0 Å². The minimum atomic E-state index is 0.172. The Kier molecular flexibility index (Phi) is 3.43. The lowest BCUT2D eigenvalue weighted by atomic mass is 10.0. The summed E-state index contributed by atoms with van der Waals surface area (Å²) in [4.78, 5) is 4.32. The second kappa shape index (κ2) is 4.38. The summed E-state index contributed by atoms with van der Waals surface area (Å²) in [6, 6.07) is 4.33. The van der Waals surface area contributed by atoms with E-state index in [1.807, 2.05) is 13.8 Å². The monoisotopic (exact) mass is 178 g/mol. The molecule has 1 rings (SSSR count). The smallest absolute Gasteiger partial charge is 0.0379 e. The molecular weight excluding hydrogens is 160 g/mol. The highest BCUT2D eigenvalue weighted by Gasteiger charge is 2.05. The molecule has 72 valence electrons. The maximum Gasteiger partial charge on any atom is 0.0379 e. The quantitative estimate of drug-likeness (QED) is 0.772. The number of hydrogen-bond donors (Lipinski definition) is 1. The van der Waals surface area contributed by atoms with E-state index in [0.29, 0.717) is 0 Å². The molecule has 2 nitrogen and oxygen atoms in total. The van der Waals surface area contributed by atoms with Gasteiger partial charge in [0.2, 0.25) is 0 Å². The molecule has 0 aliphatic heterocycles. The van der Waals surface area contributed by atoms with Gasteiger partial charge in [-0.3, -0.25) is 4.98 Å². The van der Waals surface area contributed by atoms with Crippen molar-refractivity contribution in [1.82, 2.24) is 4.98 Å². The average Bonchev–Trinajstić information content (AvgIpc) is 2.03. The Hall–Kier alpha value is -0.890. The Morgan fingerprint density at radius 1 is 1.31 bits per heavy atom. The van der Waals surface area contributed by atoms with Crippen molar-refractivity contribution in [2.24, 2.45) is 5.73 Å². The van der Waals surface area contributed by atoms with Crippen molar-refractivity contribution >= 4 is 0 Å². The van der Waals surface area contributed by atoms with Crippen LogP contribution in [-0.2, 0) is 0 Å². The SMILES string of the molecule is CCCC(N)c1cc(C)nc(C)c1. The Labute approximate surface area is 80.2 Å². The Bertz CT molecular complexity index is 261. The molecular formula is C11H18N2. The summed E-state index contributed by atoms with van der Waals surface area (Å²) in [5.74, 6) is 0. The van der Waals surface area contributed by atoms with Crippen LogP contribution in [0.2, 0.25) is 0 Å². The van der Waals surface area contributed by atoms with Gasteiger partial charge in [-0.25, -0.2) is 0 Å². The molecule has 1 aromatic heterocycles. The molecule has 0 bridgehead atoms. The summed E-state index contributed by atoms with van der Waals surface area (Å²) in [6.45, 7) is 6.17. The van der Waals surface area contributed by atoms with Crippen LogP contribution in [0, 0.1) is 13.8 Å². The molecule has 0 spiro atoms. The lowest BCUT2D eigenvalue weighted by Crippen LogP contribution is -2.10. The highest BCUT2D eigenvalue weighted by Crippen LogP contribution is 2.16. The largest absolute Gasteiger partial charge is 0.324 e. The molecule has 0 aliphatic carbocycles. The van der Waals surface area contributed by atoms with Gasteiger partial charge in [-0.1, -0.05) is 13.3 Å². The van der Waals surface area contributed by atoms with Crippen LogP contribution in [0.3, 0.4) is 0 Å². The molecule has 0 amide bonds. The van der Waals surface area contributed by atoms with Gasteiger partial charge in [-0.2, -0.15) is 0 Å². The van der Waals surface area contributed by atoms with E-state index in [2.05, 4.69) is 24.0 Å². The normalized spacial score (nSPS) is 12.9. The van der Waals surface area contributed by atoms with Crippen LogP contribution in [0.1, 0.15) is 42.8 Å². The van der Waals surface area contributed by atoms with Gasteiger partial charge in [0, 0.05) is 17.4 Å². The molecule has 1 heterocycles. The molecule has 0 fully saturated rings. The van der Waals surface area contributed by atoms with E-state index in [0.717, 1.165) is 24.2 Å². The zero-order chi connectivity index (χ0) is 9.84. The minimum Gasteiger partial charge on any atom is -0.324 e. The fourth-order valence-corrected chi connectivity index (χ4v) is 1.56. The molecule has 1 aromatic rings. The first-order valence-corrected chi connectivity index (χ1v) is 4.84. The van der Waals surface area contributed by atoms with Crippen molar-refractivity contribution < 1.29 is 0 Å². The molecule has 0 saturated heterocycles. The molecule has 0 aromatic carbocycles. The van der Waals surface area contributed by atoms with Gasteiger partial charge in [0.05, 0.1) is 0 Å². The van der Waals surface area contributed by atoms with Crippen LogP contribution in [0.5, 0.6) is 0 Å². The summed E-state index contributed by atoms with van der Waals surface area (Å²) in [5.41, 5.74) is 9.34. The zero-order valence-electron chi connectivity index (χ0n) is 8.67. The maximum atomic E-state index is 6.02. The number of nitrogens with zero attached hydrogens (tertiary/aromatic N) is 1. The first-order chi connectivity index (χ1) is 6.13. The van der Waals surface area contributed by atoms with Gasteiger partial charge >= 0.3 is 0 Å². The highest BCUT2D eigenvalue weighted by molar-refractivity contribution is 5.23. The Balaban J connectivity index is 2.87. The van der Waals surface area contributed by atoms with Crippen LogP contribution in [0.25, 0.3) is 0 Å². The summed E-state index contributed by atoms with van der Waals surface area (Å²) < 4.78 is 0. The van der Waals surface area contributed by atoms with E-state index in [9.17, 15) is 0 Å². The number of rotatable bonds is 3. The van der Waals surface area contributed by atoms with Crippen LogP contribution >= 0.6 is 0 Å². The number of hydrogen-bond acceptors (Lipinski definition) is 2. The Morgan fingerprint density at radius 2 is 1.85 bits per heavy atom. The van der Waals surface area contributed by atoms with Crippen molar-refractivity contribution in [1.29, 1.82) is 0 Å². The van der Waals surface area contributed by atoms with Gasteiger partial charge in [-0.15, -0.1) is 0 Å². The first kappa shape index (κ1) is 10.2. The molecule has 0 radical (unpaired) electrons. The second-order valence-electron chi connectivity index (χ2n) is 3.58. The molecule has 0 saturated carbocycles. The van der Waals surface area contributed by atoms with Crippen LogP contribution in [-0.4, -0.2) is 4.98 Å². The van der Waals surface area contributed by atoms with Crippen molar-refractivity contribution in [3.63, 3.8) is 0 Å². The molecule has 2 N–H and O–H groups in total. The molecule has 1 atom stereocenters. The van der Waals surface area contributed by atoms with Gasteiger partial charge in [0.25, 0.3) is 0 Å². The predicted octanol–water partition coefficient (Wildman–Crippen LogP) is 2.50. The summed E-state index contributed by atoms with van der Waals surface area (Å²) in [7, 11) is 0. The van der Waals surface area contributed by atoms with Crippen LogP contribution in [0.4, 0.5) is 0 Å². The lowest BCUT2D eigenvalue weighted by Gasteiger charge is -2.11. The molecule has 2 heteroatoms. The van der Waals surface area contributed by atoms with Gasteiger partial charge in [0.1, 0.15) is 0 Å². The Morgan fingerprint density at radius 3 is 2.31 bits per heavy atom. The molecule has 13 heavy (non-hydrogen) atoms. The topological polar surface area (TPSA) is 38.9 Å². The fourth-order valence-electron chi connectivity index (χ4n) is 1.56. The third-order valence-electron chi connectivity index (χ3n) is 2.13. The average molecular weight is 178 g/mol. The highest BCUT2D eigenvalue weighted by atomic mass is 14.7. The standard InChI is InChI=1S/C11H18N2/c1-4-5-11(12)10-6-8(2)13-9(3)7-10/h6-7,11H,4-5,12H2,1-3H3.